The molecule has 2 N–H and O–H groups in total. The van der Waals surface area contributed by atoms with Crippen LogP contribution < -0.4 is 10.0 Å². The summed E-state index contributed by atoms with van der Waals surface area (Å²) in [6, 6.07) is 7.36. The SMILES string of the molecule is O=C(NC1CCCC1)C1C=Nc2ccc(S(=O)(=O)Nc3cccc(C(F)(F)F)c3)cc2C1=O. The molecular formula is C22H20F3N3O4S. The number of nitrogens with zero attached hydrogens (tertiary/aromatic N) is 1. The summed E-state index contributed by atoms with van der Waals surface area (Å²) in [6.45, 7) is 0. The highest BCUT2D eigenvalue weighted by Gasteiger charge is 2.34. The Bertz CT molecular complexity index is 1240. The third-order valence-electron chi connectivity index (χ3n) is 5.62. The van der Waals surface area contributed by atoms with Crippen molar-refractivity contribution >= 4 is 39.3 Å². The molecule has 11 heteroatoms. The van der Waals surface area contributed by atoms with Crippen LogP contribution in [0.3, 0.4) is 0 Å². The fourth-order valence-electron chi connectivity index (χ4n) is 3.90. The minimum Gasteiger partial charge on any atom is -0.352 e. The molecule has 1 aliphatic heterocycles. The second-order valence-corrected chi connectivity index (χ2v) is 9.66. The molecule has 1 atom stereocenters. The first kappa shape index (κ1) is 23.0. The maximum absolute atomic E-state index is 12.9. The molecule has 2 aliphatic rings. The fourth-order valence-corrected chi connectivity index (χ4v) is 4.98. The highest BCUT2D eigenvalue weighted by Crippen LogP contribution is 2.32. The number of amides is 1. The van der Waals surface area contributed by atoms with Gasteiger partial charge in [0.2, 0.25) is 5.91 Å². The number of Topliss-reactive ketones (excluding diaryl/α,β-unsaturated/α-hetero) is 1. The van der Waals surface area contributed by atoms with Crippen LogP contribution in [0, 0.1) is 5.92 Å². The molecular weight excluding hydrogens is 459 g/mol. The molecule has 174 valence electrons. The molecule has 1 aliphatic carbocycles. The van der Waals surface area contributed by atoms with E-state index < -0.39 is 39.4 Å². The summed E-state index contributed by atoms with van der Waals surface area (Å²) in [4.78, 5) is 29.3. The van der Waals surface area contributed by atoms with E-state index in [0.29, 0.717) is 6.07 Å². The normalized spacial score (nSPS) is 18.8. The van der Waals surface area contributed by atoms with Crippen LogP contribution in [-0.4, -0.2) is 32.4 Å². The van der Waals surface area contributed by atoms with E-state index in [0.717, 1.165) is 43.9 Å². The average molecular weight is 479 g/mol. The van der Waals surface area contributed by atoms with E-state index in [-0.39, 0.29) is 27.9 Å². The molecule has 0 bridgehead atoms. The van der Waals surface area contributed by atoms with Crippen molar-refractivity contribution in [1.29, 1.82) is 0 Å². The first-order chi connectivity index (χ1) is 15.5. The molecule has 2 aromatic carbocycles. The third kappa shape index (κ3) is 4.92. The number of sulfonamides is 1. The molecule has 0 radical (unpaired) electrons. The zero-order valence-electron chi connectivity index (χ0n) is 17.2. The molecule has 33 heavy (non-hydrogen) atoms. The van der Waals surface area contributed by atoms with Gasteiger partial charge in [0, 0.05) is 23.5 Å². The smallest absolute Gasteiger partial charge is 0.352 e. The number of ketones is 1. The minimum atomic E-state index is -4.63. The lowest BCUT2D eigenvalue weighted by Crippen LogP contribution is -2.42. The van der Waals surface area contributed by atoms with Crippen molar-refractivity contribution in [2.75, 3.05) is 4.72 Å². The molecule has 1 heterocycles. The van der Waals surface area contributed by atoms with Crippen molar-refractivity contribution in [2.45, 2.75) is 42.8 Å². The Morgan fingerprint density at radius 1 is 1.06 bits per heavy atom. The number of alkyl halides is 3. The van der Waals surface area contributed by atoms with Crippen molar-refractivity contribution < 1.29 is 31.2 Å². The second-order valence-electron chi connectivity index (χ2n) is 7.97. The van der Waals surface area contributed by atoms with Gasteiger partial charge >= 0.3 is 6.18 Å². The van der Waals surface area contributed by atoms with Gasteiger partial charge in [0.15, 0.2) is 5.78 Å². The van der Waals surface area contributed by atoms with Gasteiger partial charge in [-0.25, -0.2) is 8.42 Å². The summed E-state index contributed by atoms with van der Waals surface area (Å²) in [5.41, 5.74) is -1.12. The van der Waals surface area contributed by atoms with E-state index in [9.17, 15) is 31.2 Å². The van der Waals surface area contributed by atoms with E-state index in [2.05, 4.69) is 15.0 Å². The molecule has 1 unspecified atom stereocenters. The van der Waals surface area contributed by atoms with Gasteiger partial charge in [-0.15, -0.1) is 0 Å². The van der Waals surface area contributed by atoms with E-state index in [1.807, 2.05) is 0 Å². The number of benzene rings is 2. The molecule has 1 amide bonds. The summed E-state index contributed by atoms with van der Waals surface area (Å²) in [6.07, 6.45) is 0.283. The van der Waals surface area contributed by atoms with Crippen LogP contribution in [0.5, 0.6) is 0 Å². The van der Waals surface area contributed by atoms with Gasteiger partial charge in [0.25, 0.3) is 10.0 Å². The number of halogens is 3. The first-order valence-corrected chi connectivity index (χ1v) is 11.8. The van der Waals surface area contributed by atoms with E-state index in [1.54, 1.807) is 0 Å². The molecule has 1 fully saturated rings. The quantitative estimate of drug-likeness (QED) is 0.631. The number of nitrogens with one attached hydrogen (secondary N) is 2. The summed E-state index contributed by atoms with van der Waals surface area (Å²) in [7, 11) is -4.31. The number of fused-ring (bicyclic) bond motifs is 1. The number of carbonyl (C=O) groups excluding carboxylic acids is 2. The topological polar surface area (TPSA) is 105 Å². The van der Waals surface area contributed by atoms with Crippen molar-refractivity contribution in [1.82, 2.24) is 5.32 Å². The predicted molar refractivity (Wildman–Crippen MR) is 115 cm³/mol. The molecule has 7 nitrogen and oxygen atoms in total. The van der Waals surface area contributed by atoms with Gasteiger partial charge in [-0.05, 0) is 49.2 Å². The number of aliphatic imine (C=N–C) groups is 1. The van der Waals surface area contributed by atoms with E-state index in [4.69, 9.17) is 0 Å². The number of hydrogen-bond donors (Lipinski definition) is 2. The van der Waals surface area contributed by atoms with Gasteiger partial charge in [-0.2, -0.15) is 13.2 Å². The fraction of sp³-hybridized carbons (Fsp3) is 0.318. The third-order valence-corrected chi connectivity index (χ3v) is 6.99. The van der Waals surface area contributed by atoms with Crippen molar-refractivity contribution in [2.24, 2.45) is 10.9 Å². The van der Waals surface area contributed by atoms with Crippen molar-refractivity contribution in [3.05, 3.63) is 53.6 Å². The van der Waals surface area contributed by atoms with Crippen LogP contribution >= 0.6 is 0 Å². The second kappa shape index (κ2) is 8.62. The van der Waals surface area contributed by atoms with Crippen LogP contribution in [0.2, 0.25) is 0 Å². The Balaban J connectivity index is 1.57. The highest BCUT2D eigenvalue weighted by molar-refractivity contribution is 7.92. The number of carbonyl (C=O) groups is 2. The van der Waals surface area contributed by atoms with Gasteiger partial charge in [-0.3, -0.25) is 19.3 Å². The summed E-state index contributed by atoms with van der Waals surface area (Å²) in [5, 5.41) is 2.83. The van der Waals surface area contributed by atoms with Crippen LogP contribution in [0.15, 0.2) is 52.4 Å². The average Bonchev–Trinajstić information content (AvgIpc) is 3.26. The monoisotopic (exact) mass is 479 g/mol. The lowest BCUT2D eigenvalue weighted by Gasteiger charge is -2.20. The zero-order chi connectivity index (χ0) is 23.8. The van der Waals surface area contributed by atoms with Crippen LogP contribution in [-0.2, 0) is 21.0 Å². The largest absolute Gasteiger partial charge is 0.416 e. The van der Waals surface area contributed by atoms with Gasteiger partial charge in [-0.1, -0.05) is 18.9 Å². The van der Waals surface area contributed by atoms with Gasteiger partial charge < -0.3 is 5.32 Å². The minimum absolute atomic E-state index is 0.00321. The van der Waals surface area contributed by atoms with E-state index >= 15 is 0 Å². The van der Waals surface area contributed by atoms with Crippen LogP contribution in [0.25, 0.3) is 0 Å². The van der Waals surface area contributed by atoms with Crippen molar-refractivity contribution in [3.8, 4) is 0 Å². The lowest BCUT2D eigenvalue weighted by molar-refractivity contribution is -0.137. The maximum atomic E-state index is 12.9. The number of anilines is 1. The van der Waals surface area contributed by atoms with Gasteiger partial charge in [0.1, 0.15) is 5.92 Å². The molecule has 0 spiro atoms. The van der Waals surface area contributed by atoms with Crippen LogP contribution in [0.1, 0.15) is 41.6 Å². The maximum Gasteiger partial charge on any atom is 0.416 e. The number of hydrogen-bond acceptors (Lipinski definition) is 5. The molecule has 1 saturated carbocycles. The summed E-state index contributed by atoms with van der Waals surface area (Å²) >= 11 is 0. The summed E-state index contributed by atoms with van der Waals surface area (Å²) in [5.74, 6) is -2.25. The molecule has 0 saturated heterocycles. The Hall–Kier alpha value is -3.21. The van der Waals surface area contributed by atoms with Gasteiger partial charge in [0.05, 0.1) is 16.1 Å². The molecule has 0 aromatic heterocycles. The van der Waals surface area contributed by atoms with Crippen LogP contribution in [0.4, 0.5) is 24.5 Å². The number of rotatable bonds is 5. The molecule has 4 rings (SSSR count). The lowest BCUT2D eigenvalue weighted by atomic mass is 9.93. The Morgan fingerprint density at radius 2 is 1.79 bits per heavy atom. The standard InChI is InChI=1S/C22H20F3N3O4S/c23-22(24,25)13-4-3-7-15(10-13)28-33(31,32)16-8-9-19-17(11-16)20(29)18(12-26-19)21(30)27-14-5-1-2-6-14/h3-4,7-12,14,18,28H,1-2,5-6H2,(H,27,30). The Kier molecular flexibility index (Phi) is 6.00. The van der Waals surface area contributed by atoms with Crippen molar-refractivity contribution in [3.63, 3.8) is 0 Å². The predicted octanol–water partition coefficient (Wildman–Crippen LogP) is 4.08. The molecule has 2 aromatic rings. The Labute approximate surface area is 188 Å². The Morgan fingerprint density at radius 3 is 2.48 bits per heavy atom. The first-order valence-electron chi connectivity index (χ1n) is 10.3. The zero-order valence-corrected chi connectivity index (χ0v) is 18.0. The van der Waals surface area contributed by atoms with E-state index in [1.165, 1.54) is 24.4 Å². The summed E-state index contributed by atoms with van der Waals surface area (Å²) < 4.78 is 66.4. The highest BCUT2D eigenvalue weighted by atomic mass is 32.2.